The van der Waals surface area contributed by atoms with E-state index in [4.69, 9.17) is 14.2 Å². The van der Waals surface area contributed by atoms with E-state index in [0.29, 0.717) is 18.0 Å². The van der Waals surface area contributed by atoms with Crippen LogP contribution in [0.4, 0.5) is 0 Å². The fourth-order valence-corrected chi connectivity index (χ4v) is 4.59. The normalized spacial score (nSPS) is 21.6. The van der Waals surface area contributed by atoms with Crippen molar-refractivity contribution in [3.63, 3.8) is 0 Å². The summed E-state index contributed by atoms with van der Waals surface area (Å²) in [6.45, 7) is 12.0. The van der Waals surface area contributed by atoms with Gasteiger partial charge in [-0.3, -0.25) is 14.8 Å². The first kappa shape index (κ1) is 24.6. The van der Waals surface area contributed by atoms with E-state index in [0.717, 1.165) is 76.4 Å². The van der Waals surface area contributed by atoms with Crippen LogP contribution in [0.5, 0.6) is 11.5 Å². The van der Waals surface area contributed by atoms with Crippen molar-refractivity contribution < 1.29 is 14.2 Å². The fraction of sp³-hybridized carbons (Fsp3) is 0.708. The van der Waals surface area contributed by atoms with Gasteiger partial charge in [0.25, 0.3) is 0 Å². The Hall–Kier alpha value is -2.03. The molecule has 2 unspecified atom stereocenters. The second kappa shape index (κ2) is 12.3. The Morgan fingerprint density at radius 3 is 2.41 bits per heavy atom. The largest absolute Gasteiger partial charge is 0.497 e. The van der Waals surface area contributed by atoms with Crippen LogP contribution >= 0.6 is 0 Å². The minimum absolute atomic E-state index is 0.384. The molecule has 0 spiro atoms. The van der Waals surface area contributed by atoms with Crippen LogP contribution in [-0.4, -0.2) is 95.0 Å². The van der Waals surface area contributed by atoms with E-state index >= 15 is 0 Å². The van der Waals surface area contributed by atoms with Crippen LogP contribution in [0.15, 0.2) is 23.2 Å². The highest BCUT2D eigenvalue weighted by molar-refractivity contribution is 5.80. The molecule has 0 amide bonds. The van der Waals surface area contributed by atoms with Gasteiger partial charge in [-0.05, 0) is 30.0 Å². The fourth-order valence-electron chi connectivity index (χ4n) is 4.59. The van der Waals surface area contributed by atoms with Gasteiger partial charge in [-0.2, -0.15) is 0 Å². The zero-order chi connectivity index (χ0) is 22.9. The lowest BCUT2D eigenvalue weighted by molar-refractivity contribution is 0.00751. The molecule has 2 saturated heterocycles. The van der Waals surface area contributed by atoms with E-state index in [9.17, 15) is 0 Å². The average molecular weight is 448 g/mol. The first-order chi connectivity index (χ1) is 15.5. The van der Waals surface area contributed by atoms with Crippen molar-refractivity contribution in [1.29, 1.82) is 0 Å². The van der Waals surface area contributed by atoms with Gasteiger partial charge >= 0.3 is 0 Å². The molecule has 0 aliphatic carbocycles. The molecule has 3 rings (SSSR count). The van der Waals surface area contributed by atoms with Crippen molar-refractivity contribution in [2.45, 2.75) is 38.9 Å². The van der Waals surface area contributed by atoms with E-state index in [-0.39, 0.29) is 0 Å². The van der Waals surface area contributed by atoms with Crippen LogP contribution in [0.2, 0.25) is 0 Å². The Morgan fingerprint density at radius 1 is 1.12 bits per heavy atom. The number of nitrogens with zero attached hydrogens (tertiary/aromatic N) is 3. The van der Waals surface area contributed by atoms with Crippen molar-refractivity contribution in [3.8, 4) is 11.5 Å². The Balaban J connectivity index is 1.49. The molecule has 0 saturated carbocycles. The van der Waals surface area contributed by atoms with Gasteiger partial charge < -0.3 is 24.8 Å². The summed E-state index contributed by atoms with van der Waals surface area (Å²) in [5, 5.41) is 7.20. The minimum atomic E-state index is 0.384. The number of aliphatic imine (C=N–C) groups is 1. The molecule has 1 aromatic rings. The lowest BCUT2D eigenvalue weighted by atomic mass is 10.0. The summed E-state index contributed by atoms with van der Waals surface area (Å²) in [7, 11) is 5.23. The highest BCUT2D eigenvalue weighted by Gasteiger charge is 2.26. The minimum Gasteiger partial charge on any atom is -0.497 e. The summed E-state index contributed by atoms with van der Waals surface area (Å²) in [5.74, 6) is 3.12. The number of rotatable bonds is 9. The molecule has 2 heterocycles. The molecule has 180 valence electrons. The van der Waals surface area contributed by atoms with Crippen molar-refractivity contribution in [1.82, 2.24) is 20.4 Å². The van der Waals surface area contributed by atoms with Crippen LogP contribution in [0.1, 0.15) is 25.8 Å². The van der Waals surface area contributed by atoms with E-state index in [2.05, 4.69) is 51.4 Å². The lowest BCUT2D eigenvalue weighted by Crippen LogP contribution is -2.53. The van der Waals surface area contributed by atoms with Gasteiger partial charge in [0.15, 0.2) is 5.96 Å². The number of ether oxygens (including phenoxy) is 3. The molecular weight excluding hydrogens is 406 g/mol. The first-order valence-electron chi connectivity index (χ1n) is 11.8. The second-order valence-corrected chi connectivity index (χ2v) is 9.00. The Bertz CT molecular complexity index is 714. The summed E-state index contributed by atoms with van der Waals surface area (Å²) in [6, 6.07) is 6.94. The summed E-state index contributed by atoms with van der Waals surface area (Å²) in [4.78, 5) is 9.48. The maximum absolute atomic E-state index is 5.53. The van der Waals surface area contributed by atoms with Crippen LogP contribution in [0, 0.1) is 5.92 Å². The Labute approximate surface area is 193 Å². The van der Waals surface area contributed by atoms with Gasteiger partial charge in [-0.25, -0.2) is 0 Å². The van der Waals surface area contributed by atoms with Crippen molar-refractivity contribution in [2.24, 2.45) is 10.9 Å². The molecule has 8 nitrogen and oxygen atoms in total. The number of nitrogens with one attached hydrogen (secondary N) is 2. The number of likely N-dealkylation sites (tertiary alicyclic amines) is 1. The molecular formula is C24H41N5O3. The standard InChI is InChI=1S/C24H41N5O3/c1-18(2)23(29-8-10-32-11-9-29)15-26-24(25-3)27-20-6-7-28(17-20)16-19-12-21(30-4)14-22(13-19)31-5/h12-14,18,20,23H,6-11,15-17H2,1-5H3,(H2,25,26,27). The maximum atomic E-state index is 5.53. The quantitative estimate of drug-likeness (QED) is 0.442. The van der Waals surface area contributed by atoms with Gasteiger partial charge in [0.2, 0.25) is 0 Å². The van der Waals surface area contributed by atoms with E-state index < -0.39 is 0 Å². The topological polar surface area (TPSA) is 70.6 Å². The monoisotopic (exact) mass is 447 g/mol. The number of benzene rings is 1. The molecule has 2 fully saturated rings. The van der Waals surface area contributed by atoms with E-state index in [1.54, 1.807) is 14.2 Å². The average Bonchev–Trinajstić information content (AvgIpc) is 3.25. The van der Waals surface area contributed by atoms with Crippen LogP contribution in [-0.2, 0) is 11.3 Å². The molecule has 2 N–H and O–H groups in total. The molecule has 32 heavy (non-hydrogen) atoms. The number of guanidine groups is 1. The van der Waals surface area contributed by atoms with Gasteiger partial charge in [0.1, 0.15) is 11.5 Å². The van der Waals surface area contributed by atoms with Gasteiger partial charge in [-0.15, -0.1) is 0 Å². The van der Waals surface area contributed by atoms with Gasteiger partial charge in [0, 0.05) is 64.5 Å². The second-order valence-electron chi connectivity index (χ2n) is 9.00. The van der Waals surface area contributed by atoms with Crippen molar-refractivity contribution in [3.05, 3.63) is 23.8 Å². The third kappa shape index (κ3) is 6.98. The molecule has 0 aromatic heterocycles. The summed E-state index contributed by atoms with van der Waals surface area (Å²) >= 11 is 0. The molecule has 0 radical (unpaired) electrons. The maximum Gasteiger partial charge on any atom is 0.191 e. The number of methoxy groups -OCH3 is 2. The number of morpholine rings is 1. The van der Waals surface area contributed by atoms with Crippen molar-refractivity contribution in [2.75, 3.05) is 67.2 Å². The van der Waals surface area contributed by atoms with Gasteiger partial charge in [-0.1, -0.05) is 13.8 Å². The van der Waals surface area contributed by atoms with Crippen molar-refractivity contribution >= 4 is 5.96 Å². The Kier molecular flexibility index (Phi) is 9.44. The number of hydrogen-bond acceptors (Lipinski definition) is 6. The zero-order valence-electron chi connectivity index (χ0n) is 20.4. The molecule has 1 aromatic carbocycles. The summed E-state index contributed by atoms with van der Waals surface area (Å²) in [6.07, 6.45) is 1.10. The van der Waals surface area contributed by atoms with Gasteiger partial charge in [0.05, 0.1) is 27.4 Å². The smallest absolute Gasteiger partial charge is 0.191 e. The van der Waals surface area contributed by atoms with Crippen LogP contribution < -0.4 is 20.1 Å². The lowest BCUT2D eigenvalue weighted by Gasteiger charge is -2.37. The first-order valence-corrected chi connectivity index (χ1v) is 11.8. The summed E-state index contributed by atoms with van der Waals surface area (Å²) < 4.78 is 16.3. The van der Waals surface area contributed by atoms with E-state index in [1.807, 2.05) is 13.1 Å². The predicted molar refractivity (Wildman–Crippen MR) is 129 cm³/mol. The zero-order valence-corrected chi connectivity index (χ0v) is 20.4. The predicted octanol–water partition coefficient (Wildman–Crippen LogP) is 1.80. The SMILES string of the molecule is CN=C(NCC(C(C)C)N1CCOCC1)NC1CCN(Cc2cc(OC)cc(OC)c2)C1. The van der Waals surface area contributed by atoms with E-state index in [1.165, 1.54) is 5.56 Å². The molecule has 0 bridgehead atoms. The third-order valence-electron chi connectivity index (χ3n) is 6.42. The highest BCUT2D eigenvalue weighted by Crippen LogP contribution is 2.24. The summed E-state index contributed by atoms with van der Waals surface area (Å²) in [5.41, 5.74) is 1.20. The Morgan fingerprint density at radius 2 is 1.81 bits per heavy atom. The third-order valence-corrected chi connectivity index (χ3v) is 6.42. The molecule has 2 aliphatic heterocycles. The van der Waals surface area contributed by atoms with Crippen LogP contribution in [0.3, 0.4) is 0 Å². The number of hydrogen-bond donors (Lipinski definition) is 2. The van der Waals surface area contributed by atoms with Crippen LogP contribution in [0.25, 0.3) is 0 Å². The molecule has 8 heteroatoms. The molecule has 2 atom stereocenters. The highest BCUT2D eigenvalue weighted by atomic mass is 16.5. The molecule has 2 aliphatic rings.